The fraction of sp³-hybridized carbons (Fsp3) is 0.353. The smallest absolute Gasteiger partial charge is 0.264 e. The predicted molar refractivity (Wildman–Crippen MR) is 87.6 cm³/mol. The summed E-state index contributed by atoms with van der Waals surface area (Å²) in [5.74, 6) is 0.138. The highest BCUT2D eigenvalue weighted by Gasteiger charge is 2.21. The van der Waals surface area contributed by atoms with Gasteiger partial charge in [0.15, 0.2) is 0 Å². The molecule has 1 aliphatic carbocycles. The van der Waals surface area contributed by atoms with Crippen molar-refractivity contribution in [2.45, 2.75) is 32.7 Å². The number of amides is 1. The van der Waals surface area contributed by atoms with E-state index in [1.165, 1.54) is 16.9 Å². The molecule has 0 fully saturated rings. The van der Waals surface area contributed by atoms with Crippen LogP contribution < -0.4 is 5.73 Å². The maximum Gasteiger partial charge on any atom is 0.264 e. The van der Waals surface area contributed by atoms with Crippen molar-refractivity contribution in [2.75, 3.05) is 12.3 Å². The maximum atomic E-state index is 12.7. The number of rotatable bonds is 4. The molecule has 1 aliphatic rings. The molecule has 110 valence electrons. The van der Waals surface area contributed by atoms with Gasteiger partial charge in [0.25, 0.3) is 5.91 Å². The summed E-state index contributed by atoms with van der Waals surface area (Å²) in [6.45, 7) is 3.34. The van der Waals surface area contributed by atoms with Crippen LogP contribution in [-0.2, 0) is 19.4 Å². The Morgan fingerprint density at radius 2 is 2.19 bits per heavy atom. The van der Waals surface area contributed by atoms with Crippen LogP contribution in [0.2, 0.25) is 0 Å². The van der Waals surface area contributed by atoms with Gasteiger partial charge in [0.2, 0.25) is 0 Å². The molecule has 1 aromatic heterocycles. The lowest BCUT2D eigenvalue weighted by molar-refractivity contribution is 0.0757. The summed E-state index contributed by atoms with van der Waals surface area (Å²) in [6.07, 6.45) is 3.49. The number of hydrogen-bond acceptors (Lipinski definition) is 3. The Morgan fingerprint density at radius 1 is 1.33 bits per heavy atom. The third kappa shape index (κ3) is 2.95. The zero-order chi connectivity index (χ0) is 14.8. The van der Waals surface area contributed by atoms with E-state index in [0.717, 1.165) is 29.0 Å². The molecule has 0 bridgehead atoms. The lowest BCUT2D eigenvalue weighted by atomic mass is 10.2. The van der Waals surface area contributed by atoms with Crippen molar-refractivity contribution in [1.82, 2.24) is 4.90 Å². The van der Waals surface area contributed by atoms with Crippen LogP contribution in [0, 0.1) is 0 Å². The molecule has 21 heavy (non-hydrogen) atoms. The summed E-state index contributed by atoms with van der Waals surface area (Å²) in [5, 5.41) is 0. The number of nitrogens with zero attached hydrogens (tertiary/aromatic N) is 1. The largest absolute Gasteiger partial charge is 0.399 e. The average molecular weight is 300 g/mol. The third-order valence-electron chi connectivity index (χ3n) is 3.95. The highest BCUT2D eigenvalue weighted by molar-refractivity contribution is 7.14. The van der Waals surface area contributed by atoms with E-state index in [9.17, 15) is 4.79 Å². The molecule has 1 amide bonds. The molecule has 3 nitrogen and oxygen atoms in total. The molecule has 2 aromatic rings. The lowest BCUT2D eigenvalue weighted by Crippen LogP contribution is -2.29. The number of carbonyl (C=O) groups is 1. The van der Waals surface area contributed by atoms with Crippen molar-refractivity contribution >= 4 is 22.9 Å². The second-order valence-electron chi connectivity index (χ2n) is 5.48. The number of nitrogen functional groups attached to an aromatic ring is 1. The quantitative estimate of drug-likeness (QED) is 0.879. The van der Waals surface area contributed by atoms with Gasteiger partial charge in [0, 0.05) is 23.7 Å². The molecular formula is C17H20N2OS. The number of anilines is 1. The van der Waals surface area contributed by atoms with E-state index in [4.69, 9.17) is 5.73 Å². The molecule has 2 N–H and O–H groups in total. The molecule has 1 aromatic carbocycles. The van der Waals surface area contributed by atoms with Crippen LogP contribution in [0.1, 0.15) is 39.0 Å². The van der Waals surface area contributed by atoms with Crippen molar-refractivity contribution in [2.24, 2.45) is 0 Å². The number of fused-ring (bicyclic) bond motifs is 1. The summed E-state index contributed by atoms with van der Waals surface area (Å²) in [5.41, 5.74) is 9.01. The van der Waals surface area contributed by atoms with E-state index in [-0.39, 0.29) is 5.91 Å². The molecule has 0 saturated carbocycles. The van der Waals surface area contributed by atoms with Crippen LogP contribution in [-0.4, -0.2) is 17.4 Å². The zero-order valence-electron chi connectivity index (χ0n) is 12.3. The van der Waals surface area contributed by atoms with Gasteiger partial charge < -0.3 is 10.6 Å². The lowest BCUT2D eigenvalue weighted by Gasteiger charge is -2.20. The average Bonchev–Trinajstić information content (AvgIpc) is 3.05. The Kier molecular flexibility index (Phi) is 3.97. The Bertz CT molecular complexity index is 641. The molecule has 0 saturated heterocycles. The Morgan fingerprint density at radius 3 is 2.90 bits per heavy atom. The zero-order valence-corrected chi connectivity index (χ0v) is 13.1. The summed E-state index contributed by atoms with van der Waals surface area (Å²) >= 11 is 1.67. The van der Waals surface area contributed by atoms with E-state index >= 15 is 0 Å². The molecular weight excluding hydrogens is 280 g/mol. The van der Waals surface area contributed by atoms with Crippen LogP contribution in [0.4, 0.5) is 5.69 Å². The van der Waals surface area contributed by atoms with E-state index in [0.29, 0.717) is 13.1 Å². The monoisotopic (exact) mass is 300 g/mol. The minimum Gasteiger partial charge on any atom is -0.399 e. The van der Waals surface area contributed by atoms with Gasteiger partial charge in [0.05, 0.1) is 4.88 Å². The first-order valence-electron chi connectivity index (χ1n) is 7.42. The van der Waals surface area contributed by atoms with Crippen molar-refractivity contribution in [3.63, 3.8) is 0 Å². The van der Waals surface area contributed by atoms with Gasteiger partial charge >= 0.3 is 0 Å². The van der Waals surface area contributed by atoms with Gasteiger partial charge in [-0.15, -0.1) is 11.3 Å². The first-order valence-corrected chi connectivity index (χ1v) is 8.24. The number of thiophene rings is 1. The summed E-state index contributed by atoms with van der Waals surface area (Å²) in [6, 6.07) is 9.84. The minimum atomic E-state index is 0.138. The highest BCUT2D eigenvalue weighted by atomic mass is 32.1. The van der Waals surface area contributed by atoms with Gasteiger partial charge in [-0.05, 0) is 55.5 Å². The first kappa shape index (κ1) is 14.1. The minimum absolute atomic E-state index is 0.138. The fourth-order valence-electron chi connectivity index (χ4n) is 2.83. The van der Waals surface area contributed by atoms with Crippen molar-refractivity contribution in [3.8, 4) is 0 Å². The van der Waals surface area contributed by atoms with Gasteiger partial charge in [0.1, 0.15) is 0 Å². The second-order valence-corrected chi connectivity index (χ2v) is 6.61. The van der Waals surface area contributed by atoms with Crippen molar-refractivity contribution in [3.05, 3.63) is 51.2 Å². The number of carbonyl (C=O) groups excluding carboxylic acids is 1. The molecule has 0 radical (unpaired) electrons. The van der Waals surface area contributed by atoms with E-state index in [1.807, 2.05) is 36.1 Å². The molecule has 0 unspecified atom stereocenters. The SMILES string of the molecule is CCN(Cc1cccc(N)c1)C(=O)c1cc2c(s1)CCC2. The second kappa shape index (κ2) is 5.90. The molecule has 0 aliphatic heterocycles. The van der Waals surface area contributed by atoms with Gasteiger partial charge in [-0.25, -0.2) is 0 Å². The number of nitrogens with two attached hydrogens (primary N) is 1. The van der Waals surface area contributed by atoms with Crippen molar-refractivity contribution in [1.29, 1.82) is 0 Å². The summed E-state index contributed by atoms with van der Waals surface area (Å²) < 4.78 is 0. The molecule has 1 heterocycles. The third-order valence-corrected chi connectivity index (χ3v) is 5.18. The standard InChI is InChI=1S/C17H20N2OS/c1-2-19(11-12-5-3-7-14(18)9-12)17(20)16-10-13-6-4-8-15(13)21-16/h3,5,7,9-10H,2,4,6,8,11,18H2,1H3. The van der Waals surface area contributed by atoms with Crippen LogP contribution in [0.3, 0.4) is 0 Å². The van der Waals surface area contributed by atoms with Gasteiger partial charge in [-0.3, -0.25) is 4.79 Å². The Labute approximate surface area is 129 Å². The van der Waals surface area contributed by atoms with Crippen LogP contribution in [0.25, 0.3) is 0 Å². The van der Waals surface area contributed by atoms with Crippen LogP contribution in [0.15, 0.2) is 30.3 Å². The van der Waals surface area contributed by atoms with Gasteiger partial charge in [-0.2, -0.15) is 0 Å². The fourth-order valence-corrected chi connectivity index (χ4v) is 4.05. The van der Waals surface area contributed by atoms with E-state index in [1.54, 1.807) is 11.3 Å². The van der Waals surface area contributed by atoms with Gasteiger partial charge in [-0.1, -0.05) is 12.1 Å². The molecule has 4 heteroatoms. The normalized spacial score (nSPS) is 13.2. The Balaban J connectivity index is 1.77. The first-order chi connectivity index (χ1) is 10.2. The molecule has 0 atom stereocenters. The van der Waals surface area contributed by atoms with E-state index < -0.39 is 0 Å². The Hall–Kier alpha value is -1.81. The maximum absolute atomic E-state index is 12.7. The van der Waals surface area contributed by atoms with Crippen LogP contribution >= 0.6 is 11.3 Å². The number of aryl methyl sites for hydroxylation is 2. The summed E-state index contributed by atoms with van der Waals surface area (Å²) in [7, 11) is 0. The number of benzene rings is 1. The van der Waals surface area contributed by atoms with Crippen molar-refractivity contribution < 1.29 is 4.79 Å². The molecule has 0 spiro atoms. The number of hydrogen-bond donors (Lipinski definition) is 1. The summed E-state index contributed by atoms with van der Waals surface area (Å²) in [4.78, 5) is 16.8. The highest BCUT2D eigenvalue weighted by Crippen LogP contribution is 2.31. The van der Waals surface area contributed by atoms with E-state index in [2.05, 4.69) is 6.07 Å². The topological polar surface area (TPSA) is 46.3 Å². The van der Waals surface area contributed by atoms with Crippen LogP contribution in [0.5, 0.6) is 0 Å². The predicted octanol–water partition coefficient (Wildman–Crippen LogP) is 3.48. The molecule has 3 rings (SSSR count).